The number of amides is 5. The molecular formula is C89H120ClN17O7. The van der Waals surface area contributed by atoms with Gasteiger partial charge >= 0.3 is 12.2 Å². The zero-order chi connectivity index (χ0) is 81.7. The number of ether oxygens (including phenoxy) is 2. The number of carbonyl (C=O) groups is 5. The molecule has 0 unspecified atom stereocenters. The molecule has 12 rings (SSSR count). The topological polar surface area (TPSA) is 257 Å². The van der Waals surface area contributed by atoms with Gasteiger partial charge in [0, 0.05) is 203 Å². The van der Waals surface area contributed by atoms with Crippen LogP contribution in [-0.2, 0) is 9.47 Å². The average Bonchev–Trinajstić information content (AvgIpc) is 0.801. The number of nitrogens with one attached hydrogen (secondary N) is 2. The molecule has 0 spiro atoms. The number of hydrogen-bond donors (Lipinski definition) is 3. The van der Waals surface area contributed by atoms with E-state index in [-0.39, 0.29) is 29.9 Å². The largest absolute Gasteiger partial charge is 0.444 e. The molecule has 114 heavy (non-hydrogen) atoms. The average molecular weight is 1580 g/mol. The lowest BCUT2D eigenvalue weighted by Crippen LogP contribution is -2.50. The Labute approximate surface area is 679 Å². The number of nitrogens with zero attached hydrogens (tertiary/aromatic N) is 14. The number of nitrogens with two attached hydrogens (primary N) is 1. The first-order chi connectivity index (χ1) is 54.9. The number of hydrogen-bond acceptors (Lipinski definition) is 19. The minimum absolute atomic E-state index is 0.0436. The van der Waals surface area contributed by atoms with Crippen LogP contribution in [-0.4, -0.2) is 254 Å². The van der Waals surface area contributed by atoms with Crippen molar-refractivity contribution in [2.24, 2.45) is 5.73 Å². The number of rotatable bonds is 25. The number of carbonyl (C=O) groups excluding carboxylic acids is 5. The molecule has 0 atom stereocenters. The van der Waals surface area contributed by atoms with Crippen LogP contribution in [0.4, 0.5) is 21.0 Å². The summed E-state index contributed by atoms with van der Waals surface area (Å²) in [5.41, 5.74) is 16.7. The molecule has 3 fully saturated rings. The number of pyridine rings is 6. The van der Waals surface area contributed by atoms with Gasteiger partial charge in [-0.3, -0.25) is 39.1 Å². The van der Waals surface area contributed by atoms with Crippen molar-refractivity contribution >= 4 is 85.6 Å². The molecule has 3 saturated heterocycles. The van der Waals surface area contributed by atoms with Crippen molar-refractivity contribution < 1.29 is 33.4 Å². The Morgan fingerprint density at radius 2 is 0.737 bits per heavy atom. The Hall–Kier alpha value is -9.98. The summed E-state index contributed by atoms with van der Waals surface area (Å²) in [6.07, 6.45) is 17.4. The van der Waals surface area contributed by atoms with E-state index in [4.69, 9.17) is 36.8 Å². The predicted octanol–water partition coefficient (Wildman–Crippen LogP) is 15.5. The summed E-state index contributed by atoms with van der Waals surface area (Å²) in [5, 5.41) is 10.7. The smallest absolute Gasteiger partial charge is 0.410 e. The number of piperidine rings is 1. The highest BCUT2D eigenvalue weighted by atomic mass is 35.5. The summed E-state index contributed by atoms with van der Waals surface area (Å²) in [6.45, 7) is 41.9. The molecule has 4 N–H and O–H groups in total. The van der Waals surface area contributed by atoms with Crippen molar-refractivity contribution in [3.05, 3.63) is 168 Å². The number of aromatic nitrogens is 6. The van der Waals surface area contributed by atoms with Crippen LogP contribution in [0.25, 0.3) is 66.5 Å². The highest BCUT2D eigenvalue weighted by Gasteiger charge is 2.28. The van der Waals surface area contributed by atoms with E-state index in [1.54, 1.807) is 39.5 Å². The normalized spacial score (nSPS) is 14.2. The van der Waals surface area contributed by atoms with Crippen LogP contribution in [0.15, 0.2) is 146 Å². The summed E-state index contributed by atoms with van der Waals surface area (Å²) in [5.74, 6) is 0.157. The number of benzene rings is 3. The first-order valence-electron chi connectivity index (χ1n) is 40.8. The van der Waals surface area contributed by atoms with E-state index in [2.05, 4.69) is 57.4 Å². The lowest BCUT2D eigenvalue weighted by Gasteiger charge is -2.35. The SMILES string of the molecule is CC(C)(C)OC(=O)N1CCN(CCCN)CC1.CCN(CC)C(=O)c1ccc(-c2cc(Cl)c3cnccc3n2)cc1.CCN(CC)C(=O)c1ccc(-c2cc(NCCCN3CCCCC3)c3cnccc3n2)cc1.CCN(CC)C(=O)c1ccc(-c2cc(NCCCN3CCN(C(=O)OC(C)(C)C)CC3)c3cnccc3n2)cc1. The lowest BCUT2D eigenvalue weighted by molar-refractivity contribution is 0.0136. The quantitative estimate of drug-likeness (QED) is 0.0449. The van der Waals surface area contributed by atoms with E-state index in [0.29, 0.717) is 74.1 Å². The van der Waals surface area contributed by atoms with Gasteiger partial charge in [-0.05, 0) is 227 Å². The number of fused-ring (bicyclic) bond motifs is 3. The van der Waals surface area contributed by atoms with Gasteiger partial charge in [0.25, 0.3) is 17.7 Å². The van der Waals surface area contributed by atoms with Gasteiger partial charge in [-0.2, -0.15) is 0 Å². The van der Waals surface area contributed by atoms with Crippen molar-refractivity contribution in [1.82, 2.24) is 69.1 Å². The lowest BCUT2D eigenvalue weighted by atomic mass is 10.1. The number of piperazine rings is 2. The molecule has 24 nitrogen and oxygen atoms in total. The van der Waals surface area contributed by atoms with Crippen LogP contribution in [0.2, 0.25) is 5.02 Å². The first-order valence-corrected chi connectivity index (χ1v) is 41.2. The molecular weight excluding hydrogens is 1450 g/mol. The van der Waals surface area contributed by atoms with Gasteiger partial charge in [0.15, 0.2) is 0 Å². The van der Waals surface area contributed by atoms with Crippen LogP contribution in [0.5, 0.6) is 0 Å². The zero-order valence-electron chi connectivity index (χ0n) is 69.2. The van der Waals surface area contributed by atoms with E-state index in [1.165, 1.54) is 32.4 Å². The highest BCUT2D eigenvalue weighted by Crippen LogP contribution is 2.32. The molecule has 3 aliphatic rings. The zero-order valence-corrected chi connectivity index (χ0v) is 70.0. The van der Waals surface area contributed by atoms with Crippen LogP contribution < -0.4 is 16.4 Å². The second-order valence-electron chi connectivity index (χ2n) is 30.7. The second-order valence-corrected chi connectivity index (χ2v) is 31.1. The van der Waals surface area contributed by atoms with Gasteiger partial charge in [-0.25, -0.2) is 24.5 Å². The monoisotopic (exact) mass is 1570 g/mol. The maximum atomic E-state index is 12.7. The van der Waals surface area contributed by atoms with Crippen molar-refractivity contribution in [2.75, 3.05) is 155 Å². The van der Waals surface area contributed by atoms with Crippen molar-refractivity contribution in [3.63, 3.8) is 0 Å². The Morgan fingerprint density at radius 3 is 1.07 bits per heavy atom. The van der Waals surface area contributed by atoms with Gasteiger partial charge in [-0.1, -0.05) is 54.4 Å². The summed E-state index contributed by atoms with van der Waals surface area (Å²) in [7, 11) is 0. The third-order valence-corrected chi connectivity index (χ3v) is 20.6. The van der Waals surface area contributed by atoms with Crippen molar-refractivity contribution in [2.45, 2.75) is 133 Å². The van der Waals surface area contributed by atoms with Gasteiger partial charge in [0.05, 0.1) is 38.7 Å². The molecule has 3 aromatic carbocycles. The Kier molecular flexibility index (Phi) is 33.6. The number of likely N-dealkylation sites (tertiary alicyclic amines) is 1. The predicted molar refractivity (Wildman–Crippen MR) is 460 cm³/mol. The Balaban J connectivity index is 0.000000182. The number of halogens is 1. The fourth-order valence-corrected chi connectivity index (χ4v) is 14.1. The second kappa shape index (κ2) is 43.5. The van der Waals surface area contributed by atoms with Gasteiger partial charge in [-0.15, -0.1) is 0 Å². The Morgan fingerprint density at radius 1 is 0.421 bits per heavy atom. The third-order valence-electron chi connectivity index (χ3n) is 20.3. The maximum absolute atomic E-state index is 12.7. The maximum Gasteiger partial charge on any atom is 0.410 e. The fourth-order valence-electron chi connectivity index (χ4n) is 13.8. The van der Waals surface area contributed by atoms with E-state index < -0.39 is 11.2 Å². The molecule has 0 bridgehead atoms. The van der Waals surface area contributed by atoms with E-state index in [1.807, 2.05) is 202 Å². The van der Waals surface area contributed by atoms with E-state index >= 15 is 0 Å². The van der Waals surface area contributed by atoms with E-state index in [9.17, 15) is 24.0 Å². The Bertz CT molecular complexity index is 4550. The molecule has 0 aliphatic carbocycles. The minimum Gasteiger partial charge on any atom is -0.444 e. The van der Waals surface area contributed by atoms with Crippen molar-refractivity contribution in [1.29, 1.82) is 0 Å². The first kappa shape index (κ1) is 88.0. The van der Waals surface area contributed by atoms with Crippen LogP contribution in [0.3, 0.4) is 0 Å². The van der Waals surface area contributed by atoms with Crippen LogP contribution >= 0.6 is 11.6 Å². The molecule has 0 saturated carbocycles. The van der Waals surface area contributed by atoms with Gasteiger partial charge < -0.3 is 55.2 Å². The third kappa shape index (κ3) is 25.8. The fraction of sp³-hybridized carbons (Fsp3) is 0.472. The molecule has 5 amide bonds. The van der Waals surface area contributed by atoms with Gasteiger partial charge in [0.1, 0.15) is 11.2 Å². The summed E-state index contributed by atoms with van der Waals surface area (Å²) < 4.78 is 10.8. The molecule has 610 valence electrons. The summed E-state index contributed by atoms with van der Waals surface area (Å²) in [4.78, 5) is 105. The molecule has 25 heteroatoms. The van der Waals surface area contributed by atoms with Crippen molar-refractivity contribution in [3.8, 4) is 33.8 Å². The summed E-state index contributed by atoms with van der Waals surface area (Å²) >= 11 is 6.33. The number of anilines is 2. The molecule has 9 heterocycles. The molecule has 9 aromatic rings. The summed E-state index contributed by atoms with van der Waals surface area (Å²) in [6, 6.07) is 34.7. The molecule has 3 aliphatic heterocycles. The minimum atomic E-state index is -0.472. The molecule has 0 radical (unpaired) electrons. The molecule has 6 aromatic heterocycles. The van der Waals surface area contributed by atoms with Crippen LogP contribution in [0.1, 0.15) is 153 Å². The standard InChI is InChI=1S/C31H42N6O3.C27H35N5O.C19H18ClN3O.C12H25N3O2/c1-6-36(7-2)29(38)24-11-9-23(10-12-24)27-21-28(25-22-32-15-13-26(25)34-27)33-14-8-16-35-17-19-37(20-18-35)30(39)40-31(3,4)5;1-3-32(4-2)27(33)22-11-9-21(10-12-22)25-19-26(23-20-28-15-13-24(23)30-25)29-14-8-18-31-16-6-5-7-17-31;1-3-23(4-2)19(24)14-7-5-13(6-8-14)18-11-16(20)15-12-21-10-9-17(15)22-18;1-12(2,3)17-11(16)15-9-7-14(8-10-15)6-4-5-13/h9-13,15,21-22H,6-8,14,16-20H2,1-5H3,(H,33,34);9-13,15,19-20H,3-8,14,16-18H2,1-2H3,(H,29,30);5-12H,3-4H2,1-2H3;4-10,13H2,1-3H3. The van der Waals surface area contributed by atoms with Gasteiger partial charge in [0.2, 0.25) is 0 Å². The highest BCUT2D eigenvalue weighted by molar-refractivity contribution is 6.35. The van der Waals surface area contributed by atoms with Crippen LogP contribution in [0, 0.1) is 0 Å². The van der Waals surface area contributed by atoms with E-state index in [0.717, 1.165) is 176 Å².